The predicted octanol–water partition coefficient (Wildman–Crippen LogP) is 3.35. The molecule has 0 aromatic carbocycles. The van der Waals surface area contributed by atoms with Crippen molar-refractivity contribution in [2.75, 3.05) is 0 Å². The summed E-state index contributed by atoms with van der Waals surface area (Å²) in [6, 6.07) is 0. The fraction of sp³-hybridized carbons (Fsp3) is 0.710. The van der Waals surface area contributed by atoms with Gasteiger partial charge in [0, 0.05) is 39.5 Å². The first-order valence-electron chi connectivity index (χ1n) is 14.4. The van der Waals surface area contributed by atoms with Gasteiger partial charge in [-0.1, -0.05) is 32.9 Å². The summed E-state index contributed by atoms with van der Waals surface area (Å²) in [6.45, 7) is 16.5. The zero-order valence-corrected chi connectivity index (χ0v) is 25.8. The minimum atomic E-state index is -2.11. The van der Waals surface area contributed by atoms with Crippen LogP contribution in [0.3, 0.4) is 0 Å². The van der Waals surface area contributed by atoms with Crippen molar-refractivity contribution >= 4 is 29.8 Å². The van der Waals surface area contributed by atoms with E-state index in [1.807, 2.05) is 13.8 Å². The first-order valence-corrected chi connectivity index (χ1v) is 14.4. The maximum absolute atomic E-state index is 13.0. The summed E-state index contributed by atoms with van der Waals surface area (Å²) in [7, 11) is 0. The monoisotopic (exact) mass is 592 g/mol. The molecule has 2 aliphatic carbocycles. The molecule has 3 rings (SSSR count). The molecule has 0 aromatic rings. The minimum absolute atomic E-state index is 0.00807. The summed E-state index contributed by atoms with van der Waals surface area (Å²) in [5.74, 6) is -5.29. The summed E-state index contributed by atoms with van der Waals surface area (Å²) in [4.78, 5) is 63.4. The molecule has 0 aromatic heterocycles. The first kappa shape index (κ1) is 33.3. The van der Waals surface area contributed by atoms with Crippen LogP contribution in [0.25, 0.3) is 0 Å². The van der Waals surface area contributed by atoms with Gasteiger partial charge in [0.05, 0.1) is 11.3 Å². The summed E-state index contributed by atoms with van der Waals surface area (Å²) < 4.78 is 29.2. The Hall–Kier alpha value is -3.21. The van der Waals surface area contributed by atoms with Gasteiger partial charge in [0.25, 0.3) is 0 Å². The lowest BCUT2D eigenvalue weighted by atomic mass is 9.54. The lowest BCUT2D eigenvalue weighted by Crippen LogP contribution is -2.66. The SMILES string of the molecule is C=C1CC[C@H](OC(C)=O)[C@]2(C)[C@@H](OC(C)=O)CC(OC(=O)CC(C)C)/C(C)=C\[C@@H]3OC(=O)[C@H](C)[C@]3(O)C(OC(C)=O)[C@@H]12. The van der Waals surface area contributed by atoms with Gasteiger partial charge in [0.2, 0.25) is 0 Å². The minimum Gasteiger partial charge on any atom is -0.462 e. The van der Waals surface area contributed by atoms with Crippen molar-refractivity contribution in [3.63, 3.8) is 0 Å². The third kappa shape index (κ3) is 6.40. The quantitative estimate of drug-likeness (QED) is 0.275. The highest BCUT2D eigenvalue weighted by Gasteiger charge is 2.67. The van der Waals surface area contributed by atoms with Crippen LogP contribution in [-0.2, 0) is 47.7 Å². The molecule has 42 heavy (non-hydrogen) atoms. The molecule has 11 heteroatoms. The van der Waals surface area contributed by atoms with Crippen molar-refractivity contribution in [1.29, 1.82) is 0 Å². The summed E-state index contributed by atoms with van der Waals surface area (Å²) >= 11 is 0. The van der Waals surface area contributed by atoms with Gasteiger partial charge in [-0.3, -0.25) is 24.0 Å². The fourth-order valence-corrected chi connectivity index (χ4v) is 6.73. The molecule has 1 aliphatic heterocycles. The first-order chi connectivity index (χ1) is 19.4. The third-order valence-electron chi connectivity index (χ3n) is 8.84. The van der Waals surface area contributed by atoms with Gasteiger partial charge in [-0.15, -0.1) is 0 Å². The largest absolute Gasteiger partial charge is 0.462 e. The van der Waals surface area contributed by atoms with Crippen LogP contribution in [0, 0.1) is 23.2 Å². The van der Waals surface area contributed by atoms with E-state index < -0.39 is 83.2 Å². The van der Waals surface area contributed by atoms with Crippen molar-refractivity contribution in [2.45, 2.75) is 117 Å². The second kappa shape index (κ2) is 12.6. The van der Waals surface area contributed by atoms with Gasteiger partial charge in [-0.25, -0.2) is 0 Å². The Kier molecular flexibility index (Phi) is 9.96. The number of aliphatic hydroxyl groups is 1. The van der Waals surface area contributed by atoms with Crippen LogP contribution < -0.4 is 0 Å². The Morgan fingerprint density at radius 1 is 1.05 bits per heavy atom. The van der Waals surface area contributed by atoms with Crippen molar-refractivity contribution < 1.29 is 52.8 Å². The molecule has 0 radical (unpaired) electrons. The van der Waals surface area contributed by atoms with E-state index in [9.17, 15) is 29.1 Å². The number of esters is 5. The van der Waals surface area contributed by atoms with Crippen LogP contribution in [0.15, 0.2) is 23.8 Å². The van der Waals surface area contributed by atoms with Gasteiger partial charge in [-0.05, 0) is 44.3 Å². The summed E-state index contributed by atoms with van der Waals surface area (Å²) in [5.41, 5.74) is -2.50. The van der Waals surface area contributed by atoms with Crippen molar-refractivity contribution in [3.8, 4) is 0 Å². The number of hydrogen-bond acceptors (Lipinski definition) is 11. The van der Waals surface area contributed by atoms with Crippen LogP contribution in [0.5, 0.6) is 0 Å². The highest BCUT2D eigenvalue weighted by atomic mass is 16.6. The van der Waals surface area contributed by atoms with Crippen LogP contribution in [0.4, 0.5) is 0 Å². The molecule has 9 atom stereocenters. The van der Waals surface area contributed by atoms with E-state index in [-0.39, 0.29) is 18.8 Å². The molecule has 1 saturated carbocycles. The van der Waals surface area contributed by atoms with Gasteiger partial charge >= 0.3 is 29.8 Å². The molecule has 2 fully saturated rings. The average molecular weight is 593 g/mol. The fourth-order valence-electron chi connectivity index (χ4n) is 6.73. The van der Waals surface area contributed by atoms with E-state index in [1.54, 1.807) is 13.8 Å². The van der Waals surface area contributed by atoms with E-state index in [0.29, 0.717) is 24.0 Å². The zero-order valence-electron chi connectivity index (χ0n) is 25.8. The van der Waals surface area contributed by atoms with Crippen LogP contribution in [0.1, 0.15) is 81.1 Å². The highest BCUT2D eigenvalue weighted by molar-refractivity contribution is 5.78. The van der Waals surface area contributed by atoms with Gasteiger partial charge < -0.3 is 28.8 Å². The molecule has 11 nitrogen and oxygen atoms in total. The topological polar surface area (TPSA) is 152 Å². The normalized spacial score (nSPS) is 37.8. The maximum Gasteiger partial charge on any atom is 0.312 e. The maximum atomic E-state index is 13.0. The van der Waals surface area contributed by atoms with Crippen molar-refractivity contribution in [1.82, 2.24) is 0 Å². The van der Waals surface area contributed by atoms with Gasteiger partial charge in [0.15, 0.2) is 11.7 Å². The Morgan fingerprint density at radius 2 is 1.62 bits per heavy atom. The second-order valence-electron chi connectivity index (χ2n) is 12.5. The molecule has 2 unspecified atom stereocenters. The molecule has 1 heterocycles. The Labute approximate surface area is 246 Å². The van der Waals surface area contributed by atoms with E-state index in [2.05, 4.69) is 6.58 Å². The van der Waals surface area contributed by atoms with Crippen LogP contribution in [-0.4, -0.2) is 71.1 Å². The van der Waals surface area contributed by atoms with Crippen LogP contribution >= 0.6 is 0 Å². The highest BCUT2D eigenvalue weighted by Crippen LogP contribution is 2.56. The number of hydrogen-bond donors (Lipinski definition) is 1. The molecule has 0 spiro atoms. The summed E-state index contributed by atoms with van der Waals surface area (Å²) in [5, 5.41) is 12.5. The number of rotatable bonds is 6. The second-order valence-corrected chi connectivity index (χ2v) is 12.5. The summed E-state index contributed by atoms with van der Waals surface area (Å²) in [6.07, 6.45) is -3.43. The molecule has 1 N–H and O–H groups in total. The van der Waals surface area contributed by atoms with E-state index >= 15 is 0 Å². The lowest BCUT2D eigenvalue weighted by Gasteiger charge is -2.55. The molecule has 3 aliphatic rings. The van der Waals surface area contributed by atoms with E-state index in [0.717, 1.165) is 0 Å². The number of carbonyl (C=O) groups excluding carboxylic acids is 5. The number of ether oxygens (including phenoxy) is 5. The van der Waals surface area contributed by atoms with Crippen LogP contribution in [0.2, 0.25) is 0 Å². The Balaban J connectivity index is 2.38. The third-order valence-corrected chi connectivity index (χ3v) is 8.84. The predicted molar refractivity (Wildman–Crippen MR) is 148 cm³/mol. The standard InChI is InChI=1S/C31H44O11/c1-15(2)12-26(35)41-22-14-24(39-20(7)33)30(9)23(38-19(6)32)11-10-16(3)27(30)28(40-21(8)34)31(37)18(5)29(36)42-25(31)13-17(22)4/h13,15,18,22-25,27-28,37H,3,10-12,14H2,1-2,4-9H3/b17-13-/t18-,22?,23-,24-,25-,27+,28?,30+,31+/m0/s1. The Morgan fingerprint density at radius 3 is 2.17 bits per heavy atom. The zero-order chi connectivity index (χ0) is 31.7. The molecule has 0 amide bonds. The van der Waals surface area contributed by atoms with E-state index in [1.165, 1.54) is 33.8 Å². The molecule has 0 bridgehead atoms. The Bertz CT molecular complexity index is 1160. The van der Waals surface area contributed by atoms with Gasteiger partial charge in [0.1, 0.15) is 24.4 Å². The molecular formula is C31H44O11. The number of carbonyl (C=O) groups is 5. The lowest BCUT2D eigenvalue weighted by molar-refractivity contribution is -0.222. The number of fused-ring (bicyclic) bond motifs is 2. The van der Waals surface area contributed by atoms with Crippen molar-refractivity contribution in [2.24, 2.45) is 23.2 Å². The molecule has 234 valence electrons. The average Bonchev–Trinajstić information content (AvgIpc) is 3.06. The smallest absolute Gasteiger partial charge is 0.312 e. The molecule has 1 saturated heterocycles. The van der Waals surface area contributed by atoms with E-state index in [4.69, 9.17) is 23.7 Å². The van der Waals surface area contributed by atoms with Gasteiger partial charge in [-0.2, -0.15) is 0 Å². The van der Waals surface area contributed by atoms with Crippen molar-refractivity contribution in [3.05, 3.63) is 23.8 Å². The molecular weight excluding hydrogens is 548 g/mol.